The number of hydrogen-bond acceptors (Lipinski definition) is 5. The molecule has 7 heteroatoms. The minimum Gasteiger partial charge on any atom is -0.495 e. The molecule has 2 aromatic heterocycles. The Kier molecular flexibility index (Phi) is 4.48. The molecule has 0 saturated carbocycles. The highest BCUT2D eigenvalue weighted by Crippen LogP contribution is 2.31. The third-order valence-corrected chi connectivity index (χ3v) is 3.69. The van der Waals surface area contributed by atoms with E-state index in [1.165, 1.54) is 12.0 Å². The van der Waals surface area contributed by atoms with Crippen molar-refractivity contribution < 1.29 is 14.1 Å². The number of amides is 1. The van der Waals surface area contributed by atoms with Crippen molar-refractivity contribution in [1.29, 1.82) is 0 Å². The van der Waals surface area contributed by atoms with Gasteiger partial charge in [-0.3, -0.25) is 9.78 Å². The second-order valence-electron chi connectivity index (χ2n) is 4.97. The Bertz CT molecular complexity index is 865. The third kappa shape index (κ3) is 3.09. The largest absolute Gasteiger partial charge is 0.495 e. The van der Waals surface area contributed by atoms with Gasteiger partial charge in [-0.15, -0.1) is 0 Å². The highest BCUT2D eigenvalue weighted by Gasteiger charge is 2.22. The summed E-state index contributed by atoms with van der Waals surface area (Å²) in [5.41, 5.74) is 1.65. The van der Waals surface area contributed by atoms with Gasteiger partial charge in [0.05, 0.1) is 18.5 Å². The quantitative estimate of drug-likeness (QED) is 0.723. The van der Waals surface area contributed by atoms with Crippen molar-refractivity contribution in [1.82, 2.24) is 10.1 Å². The number of benzene rings is 1. The van der Waals surface area contributed by atoms with E-state index in [0.717, 1.165) is 0 Å². The van der Waals surface area contributed by atoms with Crippen LogP contribution in [0.5, 0.6) is 5.75 Å². The predicted molar refractivity (Wildman–Crippen MR) is 90.5 cm³/mol. The van der Waals surface area contributed by atoms with Gasteiger partial charge in [0, 0.05) is 24.3 Å². The molecule has 0 aliphatic carbocycles. The molecule has 2 heterocycles. The minimum absolute atomic E-state index is 0.0974. The van der Waals surface area contributed by atoms with Crippen LogP contribution in [-0.2, 0) is 0 Å². The molecular weight excluding hydrogens is 330 g/mol. The smallest absolute Gasteiger partial charge is 0.296 e. The molecule has 3 rings (SSSR count). The highest BCUT2D eigenvalue weighted by molar-refractivity contribution is 6.31. The first kappa shape index (κ1) is 16.0. The molecule has 0 spiro atoms. The van der Waals surface area contributed by atoms with Gasteiger partial charge in [-0.05, 0) is 30.3 Å². The van der Waals surface area contributed by atoms with E-state index in [2.05, 4.69) is 10.1 Å². The normalized spacial score (nSPS) is 10.5. The zero-order chi connectivity index (χ0) is 17.1. The number of rotatable bonds is 4. The molecule has 0 aliphatic heterocycles. The Balaban J connectivity index is 1.90. The maximum atomic E-state index is 12.6. The Morgan fingerprint density at radius 3 is 2.75 bits per heavy atom. The first-order chi connectivity index (χ1) is 11.6. The summed E-state index contributed by atoms with van der Waals surface area (Å²) in [5, 5.41) is 4.40. The van der Waals surface area contributed by atoms with Gasteiger partial charge in [0.1, 0.15) is 11.4 Å². The van der Waals surface area contributed by atoms with Gasteiger partial charge in [0.25, 0.3) is 5.91 Å². The molecule has 3 aromatic rings. The number of methoxy groups -OCH3 is 1. The molecule has 24 heavy (non-hydrogen) atoms. The van der Waals surface area contributed by atoms with E-state index >= 15 is 0 Å². The molecule has 1 aromatic carbocycles. The second kappa shape index (κ2) is 6.72. The van der Waals surface area contributed by atoms with E-state index < -0.39 is 0 Å². The molecule has 122 valence electrons. The van der Waals surface area contributed by atoms with Crippen molar-refractivity contribution in [3.8, 4) is 17.1 Å². The Hall–Kier alpha value is -2.86. The SMILES string of the molecule is COc1ccc(Cl)cc1N(C)C(=O)c1cc(-c2ccccn2)no1. The molecule has 0 aliphatic rings. The fourth-order valence-corrected chi connectivity index (χ4v) is 2.38. The predicted octanol–water partition coefficient (Wildman–Crippen LogP) is 3.68. The average molecular weight is 344 g/mol. The molecule has 0 unspecified atom stereocenters. The number of anilines is 1. The van der Waals surface area contributed by atoms with E-state index in [0.29, 0.717) is 27.8 Å². The van der Waals surface area contributed by atoms with Crippen molar-refractivity contribution in [2.75, 3.05) is 19.1 Å². The molecule has 1 amide bonds. The van der Waals surface area contributed by atoms with Crippen LogP contribution >= 0.6 is 11.6 Å². The van der Waals surface area contributed by atoms with E-state index in [1.54, 1.807) is 49.6 Å². The summed E-state index contributed by atoms with van der Waals surface area (Å²) < 4.78 is 10.4. The molecule has 0 bridgehead atoms. The molecule has 0 radical (unpaired) electrons. The maximum absolute atomic E-state index is 12.6. The van der Waals surface area contributed by atoms with Crippen LogP contribution in [-0.4, -0.2) is 30.2 Å². The van der Waals surface area contributed by atoms with Crippen LogP contribution in [0.3, 0.4) is 0 Å². The summed E-state index contributed by atoms with van der Waals surface area (Å²) in [4.78, 5) is 18.2. The van der Waals surface area contributed by atoms with Crippen molar-refractivity contribution in [3.05, 3.63) is 59.4 Å². The summed E-state index contributed by atoms with van der Waals surface area (Å²) in [7, 11) is 3.14. The van der Waals surface area contributed by atoms with E-state index in [1.807, 2.05) is 6.07 Å². The lowest BCUT2D eigenvalue weighted by Crippen LogP contribution is -2.26. The monoisotopic (exact) mass is 343 g/mol. The van der Waals surface area contributed by atoms with Gasteiger partial charge < -0.3 is 14.2 Å². The summed E-state index contributed by atoms with van der Waals surface area (Å²) in [5.74, 6) is 0.255. The fraction of sp³-hybridized carbons (Fsp3) is 0.118. The van der Waals surface area contributed by atoms with Crippen LogP contribution in [0.15, 0.2) is 53.2 Å². The number of pyridine rings is 1. The fourth-order valence-electron chi connectivity index (χ4n) is 2.21. The Morgan fingerprint density at radius 2 is 2.04 bits per heavy atom. The third-order valence-electron chi connectivity index (χ3n) is 3.46. The van der Waals surface area contributed by atoms with Crippen LogP contribution in [0, 0.1) is 0 Å². The summed E-state index contributed by atoms with van der Waals surface area (Å²) in [6.07, 6.45) is 1.65. The number of nitrogens with zero attached hydrogens (tertiary/aromatic N) is 3. The number of ether oxygens (including phenoxy) is 1. The zero-order valence-electron chi connectivity index (χ0n) is 13.1. The zero-order valence-corrected chi connectivity index (χ0v) is 13.8. The van der Waals surface area contributed by atoms with Crippen LogP contribution in [0.2, 0.25) is 5.02 Å². The van der Waals surface area contributed by atoms with Gasteiger partial charge in [-0.25, -0.2) is 0 Å². The van der Waals surface area contributed by atoms with Gasteiger partial charge in [-0.1, -0.05) is 22.8 Å². The summed E-state index contributed by atoms with van der Waals surface area (Å²) in [6.45, 7) is 0. The highest BCUT2D eigenvalue weighted by atomic mass is 35.5. The summed E-state index contributed by atoms with van der Waals surface area (Å²) >= 11 is 6.02. The first-order valence-corrected chi connectivity index (χ1v) is 7.47. The van der Waals surface area contributed by atoms with Crippen LogP contribution in [0.25, 0.3) is 11.4 Å². The lowest BCUT2D eigenvalue weighted by molar-refractivity contribution is 0.0957. The number of aromatic nitrogens is 2. The van der Waals surface area contributed by atoms with Crippen LogP contribution in [0.4, 0.5) is 5.69 Å². The van der Waals surface area contributed by atoms with Gasteiger partial charge in [-0.2, -0.15) is 0 Å². The second-order valence-corrected chi connectivity index (χ2v) is 5.41. The Labute approximate surface area is 143 Å². The lowest BCUT2D eigenvalue weighted by atomic mass is 10.2. The van der Waals surface area contributed by atoms with Crippen LogP contribution < -0.4 is 9.64 Å². The van der Waals surface area contributed by atoms with Crippen molar-refractivity contribution in [3.63, 3.8) is 0 Å². The molecular formula is C17H14ClN3O3. The molecule has 0 atom stereocenters. The molecule has 0 fully saturated rings. The van der Waals surface area contributed by atoms with E-state index in [-0.39, 0.29) is 11.7 Å². The average Bonchev–Trinajstić information content (AvgIpc) is 3.11. The number of carbonyl (C=O) groups is 1. The number of halogens is 1. The van der Waals surface area contributed by atoms with Crippen molar-refractivity contribution in [2.45, 2.75) is 0 Å². The molecule has 6 nitrogen and oxygen atoms in total. The van der Waals surface area contributed by atoms with Crippen molar-refractivity contribution in [2.24, 2.45) is 0 Å². The standard InChI is InChI=1S/C17H14ClN3O3/c1-21(14-9-11(18)6-7-15(14)23-2)17(22)16-10-13(20-24-16)12-5-3-4-8-19-12/h3-10H,1-2H3. The molecule has 0 N–H and O–H groups in total. The topological polar surface area (TPSA) is 68.5 Å². The molecule has 0 saturated heterocycles. The van der Waals surface area contributed by atoms with Gasteiger partial charge in [0.2, 0.25) is 5.76 Å². The first-order valence-electron chi connectivity index (χ1n) is 7.10. The number of hydrogen-bond donors (Lipinski definition) is 0. The lowest BCUT2D eigenvalue weighted by Gasteiger charge is -2.18. The van der Waals surface area contributed by atoms with E-state index in [4.69, 9.17) is 20.9 Å². The Morgan fingerprint density at radius 1 is 1.21 bits per heavy atom. The number of carbonyl (C=O) groups excluding carboxylic acids is 1. The van der Waals surface area contributed by atoms with Gasteiger partial charge >= 0.3 is 0 Å². The van der Waals surface area contributed by atoms with E-state index in [9.17, 15) is 4.79 Å². The van der Waals surface area contributed by atoms with Crippen molar-refractivity contribution >= 4 is 23.2 Å². The minimum atomic E-state index is -0.370. The van der Waals surface area contributed by atoms with Crippen LogP contribution in [0.1, 0.15) is 10.6 Å². The maximum Gasteiger partial charge on any atom is 0.296 e. The van der Waals surface area contributed by atoms with Gasteiger partial charge in [0.15, 0.2) is 0 Å². The summed E-state index contributed by atoms with van der Waals surface area (Å²) in [6, 6.07) is 12.0.